The van der Waals surface area contributed by atoms with Crippen LogP contribution in [0.15, 0.2) is 18.2 Å². The van der Waals surface area contributed by atoms with Crippen molar-refractivity contribution in [1.82, 2.24) is 5.32 Å². The highest BCUT2D eigenvalue weighted by Gasteiger charge is 2.27. The molecule has 0 bridgehead atoms. The zero-order valence-corrected chi connectivity index (χ0v) is 10.4. The summed E-state index contributed by atoms with van der Waals surface area (Å²) in [7, 11) is 0. The molecular formula is C12H15ClN2O2. The SMILES string of the molecule is CC(NCc1cc(Cl)ccc1[N+](=O)[O-])C1CC1. The normalized spacial score (nSPS) is 16.8. The summed E-state index contributed by atoms with van der Waals surface area (Å²) in [6, 6.07) is 5.08. The van der Waals surface area contributed by atoms with E-state index in [0.717, 1.165) is 5.92 Å². The van der Waals surface area contributed by atoms with Crippen molar-refractivity contribution in [1.29, 1.82) is 0 Å². The molecule has 1 atom stereocenters. The van der Waals surface area contributed by atoms with Gasteiger partial charge in [-0.15, -0.1) is 0 Å². The molecule has 1 unspecified atom stereocenters. The Hall–Kier alpha value is -1.13. The summed E-state index contributed by atoms with van der Waals surface area (Å²) in [5.41, 5.74) is 0.778. The summed E-state index contributed by atoms with van der Waals surface area (Å²) in [6.07, 6.45) is 2.51. The second-order valence-electron chi connectivity index (χ2n) is 4.54. The highest BCUT2D eigenvalue weighted by Crippen LogP contribution is 2.32. The van der Waals surface area contributed by atoms with Crippen LogP contribution in [0, 0.1) is 16.0 Å². The first-order valence-electron chi connectivity index (χ1n) is 5.74. The maximum Gasteiger partial charge on any atom is 0.273 e. The van der Waals surface area contributed by atoms with Crippen molar-refractivity contribution in [2.45, 2.75) is 32.4 Å². The van der Waals surface area contributed by atoms with Gasteiger partial charge in [-0.25, -0.2) is 0 Å². The lowest BCUT2D eigenvalue weighted by Gasteiger charge is -2.12. The number of benzene rings is 1. The van der Waals surface area contributed by atoms with Gasteiger partial charge < -0.3 is 5.32 Å². The Morgan fingerprint density at radius 3 is 2.88 bits per heavy atom. The minimum absolute atomic E-state index is 0.130. The second kappa shape index (κ2) is 5.02. The molecule has 1 N–H and O–H groups in total. The number of nitro benzene ring substituents is 1. The molecular weight excluding hydrogens is 240 g/mol. The minimum atomic E-state index is -0.366. The van der Waals surface area contributed by atoms with Gasteiger partial charge in [-0.1, -0.05) is 11.6 Å². The van der Waals surface area contributed by atoms with Gasteiger partial charge in [-0.3, -0.25) is 10.1 Å². The highest BCUT2D eigenvalue weighted by atomic mass is 35.5. The van der Waals surface area contributed by atoms with Gasteiger partial charge in [0.1, 0.15) is 0 Å². The molecule has 5 heteroatoms. The molecule has 1 fully saturated rings. The van der Waals surface area contributed by atoms with Crippen LogP contribution in [0.5, 0.6) is 0 Å². The lowest BCUT2D eigenvalue weighted by atomic mass is 10.1. The number of halogens is 1. The summed E-state index contributed by atoms with van der Waals surface area (Å²) in [5.74, 6) is 0.730. The molecule has 0 amide bonds. The molecule has 0 radical (unpaired) electrons. The third-order valence-corrected chi connectivity index (χ3v) is 3.42. The zero-order valence-electron chi connectivity index (χ0n) is 9.65. The Morgan fingerprint density at radius 1 is 1.59 bits per heavy atom. The fourth-order valence-corrected chi connectivity index (χ4v) is 2.10. The highest BCUT2D eigenvalue weighted by molar-refractivity contribution is 6.30. The Kier molecular flexibility index (Phi) is 3.64. The summed E-state index contributed by atoms with van der Waals surface area (Å²) >= 11 is 5.86. The van der Waals surface area contributed by atoms with E-state index >= 15 is 0 Å². The standard InChI is InChI=1S/C12H15ClN2O2/c1-8(9-2-3-9)14-7-10-6-11(13)4-5-12(10)15(16)17/h4-6,8-9,14H,2-3,7H2,1H3. The van der Waals surface area contributed by atoms with E-state index in [1.807, 2.05) is 0 Å². The van der Waals surface area contributed by atoms with E-state index in [4.69, 9.17) is 11.6 Å². The molecule has 1 aliphatic carbocycles. The smallest absolute Gasteiger partial charge is 0.273 e. The van der Waals surface area contributed by atoms with Crippen LogP contribution in [0.4, 0.5) is 5.69 Å². The monoisotopic (exact) mass is 254 g/mol. The van der Waals surface area contributed by atoms with E-state index in [2.05, 4.69) is 12.2 Å². The first-order valence-corrected chi connectivity index (χ1v) is 6.12. The predicted molar refractivity (Wildman–Crippen MR) is 67.1 cm³/mol. The van der Waals surface area contributed by atoms with Crippen molar-refractivity contribution in [3.05, 3.63) is 38.9 Å². The molecule has 4 nitrogen and oxygen atoms in total. The molecule has 1 aliphatic rings. The van der Waals surface area contributed by atoms with Gasteiger partial charge in [0, 0.05) is 29.2 Å². The van der Waals surface area contributed by atoms with E-state index in [-0.39, 0.29) is 10.6 Å². The van der Waals surface area contributed by atoms with Gasteiger partial charge >= 0.3 is 0 Å². The Bertz CT molecular complexity index is 433. The lowest BCUT2D eigenvalue weighted by Crippen LogP contribution is -2.27. The third kappa shape index (κ3) is 3.17. The van der Waals surface area contributed by atoms with Gasteiger partial charge in [0.25, 0.3) is 5.69 Å². The lowest BCUT2D eigenvalue weighted by molar-refractivity contribution is -0.385. The van der Waals surface area contributed by atoms with Gasteiger partial charge in [0.2, 0.25) is 0 Å². The first kappa shape index (κ1) is 12.3. The molecule has 0 aliphatic heterocycles. The van der Waals surface area contributed by atoms with Crippen molar-refractivity contribution in [3.63, 3.8) is 0 Å². The minimum Gasteiger partial charge on any atom is -0.310 e. The third-order valence-electron chi connectivity index (χ3n) is 3.18. The van der Waals surface area contributed by atoms with Gasteiger partial charge in [0.05, 0.1) is 4.92 Å². The van der Waals surface area contributed by atoms with Gasteiger partial charge in [0.15, 0.2) is 0 Å². The molecule has 2 rings (SSSR count). The number of hydrogen-bond acceptors (Lipinski definition) is 3. The van der Waals surface area contributed by atoms with Crippen molar-refractivity contribution in [2.24, 2.45) is 5.92 Å². The molecule has 1 saturated carbocycles. The second-order valence-corrected chi connectivity index (χ2v) is 4.97. The number of hydrogen-bond donors (Lipinski definition) is 1. The number of rotatable bonds is 5. The van der Waals surface area contributed by atoms with Gasteiger partial charge in [-0.05, 0) is 37.8 Å². The zero-order chi connectivity index (χ0) is 12.4. The largest absolute Gasteiger partial charge is 0.310 e. The number of nitrogens with zero attached hydrogens (tertiary/aromatic N) is 1. The summed E-state index contributed by atoms with van der Waals surface area (Å²) in [6.45, 7) is 2.61. The maximum absolute atomic E-state index is 10.9. The average molecular weight is 255 g/mol. The molecule has 0 spiro atoms. The summed E-state index contributed by atoms with van der Waals surface area (Å²) in [4.78, 5) is 10.5. The van der Waals surface area contributed by atoms with E-state index < -0.39 is 0 Å². The number of nitrogens with one attached hydrogen (secondary N) is 1. The van der Waals surface area contributed by atoms with Crippen molar-refractivity contribution < 1.29 is 4.92 Å². The molecule has 0 saturated heterocycles. The van der Waals surface area contributed by atoms with Crippen molar-refractivity contribution in [3.8, 4) is 0 Å². The van der Waals surface area contributed by atoms with Crippen LogP contribution >= 0.6 is 11.6 Å². The Morgan fingerprint density at radius 2 is 2.29 bits per heavy atom. The quantitative estimate of drug-likeness (QED) is 0.649. The summed E-state index contributed by atoms with van der Waals surface area (Å²) in [5, 5.41) is 14.7. The van der Waals surface area contributed by atoms with Crippen LogP contribution in [-0.2, 0) is 6.54 Å². The first-order chi connectivity index (χ1) is 8.08. The average Bonchev–Trinajstić information content (AvgIpc) is 3.09. The molecule has 1 aromatic carbocycles. The Labute approximate surface area is 105 Å². The van der Waals surface area contributed by atoms with Gasteiger partial charge in [-0.2, -0.15) is 0 Å². The van der Waals surface area contributed by atoms with Crippen LogP contribution in [-0.4, -0.2) is 11.0 Å². The topological polar surface area (TPSA) is 55.2 Å². The van der Waals surface area contributed by atoms with Crippen LogP contribution in [0.1, 0.15) is 25.3 Å². The molecule has 0 heterocycles. The predicted octanol–water partition coefficient (Wildman–Crippen LogP) is 3.14. The van der Waals surface area contributed by atoms with E-state index in [9.17, 15) is 10.1 Å². The van der Waals surface area contributed by atoms with Crippen molar-refractivity contribution in [2.75, 3.05) is 0 Å². The molecule has 0 aromatic heterocycles. The van der Waals surface area contributed by atoms with E-state index in [0.29, 0.717) is 23.2 Å². The summed E-state index contributed by atoms with van der Waals surface area (Å²) < 4.78 is 0. The van der Waals surface area contributed by atoms with Crippen LogP contribution < -0.4 is 5.32 Å². The Balaban J connectivity index is 2.07. The van der Waals surface area contributed by atoms with E-state index in [1.165, 1.54) is 18.9 Å². The fraction of sp³-hybridized carbons (Fsp3) is 0.500. The van der Waals surface area contributed by atoms with Crippen LogP contribution in [0.2, 0.25) is 5.02 Å². The van der Waals surface area contributed by atoms with E-state index in [1.54, 1.807) is 12.1 Å². The molecule has 17 heavy (non-hydrogen) atoms. The maximum atomic E-state index is 10.9. The van der Waals surface area contributed by atoms with Crippen molar-refractivity contribution >= 4 is 17.3 Å². The van der Waals surface area contributed by atoms with Crippen LogP contribution in [0.3, 0.4) is 0 Å². The molecule has 92 valence electrons. The van der Waals surface area contributed by atoms with Crippen LogP contribution in [0.25, 0.3) is 0 Å². The number of nitro groups is 1. The molecule has 1 aromatic rings. The fourth-order valence-electron chi connectivity index (χ4n) is 1.91.